The van der Waals surface area contributed by atoms with Crippen LogP contribution in [0.25, 0.3) is 22.3 Å². The first-order valence-corrected chi connectivity index (χ1v) is 12.7. The van der Waals surface area contributed by atoms with Gasteiger partial charge in [-0.1, -0.05) is 26.8 Å². The lowest BCUT2D eigenvalue weighted by molar-refractivity contribution is 0.113. The minimum Gasteiger partial charge on any atom is -0.393 e. The van der Waals surface area contributed by atoms with E-state index in [0.717, 1.165) is 33.5 Å². The fourth-order valence-corrected chi connectivity index (χ4v) is 5.67. The van der Waals surface area contributed by atoms with Crippen LogP contribution in [0.4, 0.5) is 0 Å². The van der Waals surface area contributed by atoms with Crippen molar-refractivity contribution in [2.45, 2.75) is 57.0 Å². The van der Waals surface area contributed by atoms with Crippen molar-refractivity contribution in [3.8, 4) is 22.3 Å². The largest absolute Gasteiger partial charge is 0.393 e. The molecule has 6 nitrogen and oxygen atoms in total. The summed E-state index contributed by atoms with van der Waals surface area (Å²) in [5, 5.41) is 9.70. The van der Waals surface area contributed by atoms with Gasteiger partial charge in [-0.2, -0.15) is 4.31 Å². The molecule has 0 unspecified atom stereocenters. The van der Waals surface area contributed by atoms with Gasteiger partial charge >= 0.3 is 0 Å². The molecule has 0 bridgehead atoms. The molecule has 0 spiro atoms. The van der Waals surface area contributed by atoms with Crippen LogP contribution in [0.1, 0.15) is 44.9 Å². The lowest BCUT2D eigenvalue weighted by Gasteiger charge is -2.28. The Balaban J connectivity index is 1.65. The number of sulfonamides is 1. The number of aryl methyl sites for hydroxylation is 1. The molecule has 0 radical (unpaired) electrons. The van der Waals surface area contributed by atoms with E-state index in [9.17, 15) is 13.5 Å². The summed E-state index contributed by atoms with van der Waals surface area (Å²) in [6.07, 6.45) is 6.00. The van der Waals surface area contributed by atoms with Crippen LogP contribution in [0.2, 0.25) is 0 Å². The Morgan fingerprint density at radius 1 is 0.970 bits per heavy atom. The molecule has 1 aliphatic rings. The molecule has 0 atom stereocenters. The number of aliphatic hydroxyl groups excluding tert-OH is 1. The van der Waals surface area contributed by atoms with Gasteiger partial charge in [0.05, 0.1) is 11.0 Å². The van der Waals surface area contributed by atoms with Gasteiger partial charge in [-0.25, -0.2) is 8.42 Å². The van der Waals surface area contributed by atoms with Crippen molar-refractivity contribution in [2.75, 3.05) is 13.1 Å². The molecule has 1 aromatic carbocycles. The molecule has 1 N–H and O–H groups in total. The number of rotatable bonds is 4. The van der Waals surface area contributed by atoms with Gasteiger partial charge in [0.15, 0.2) is 0 Å². The van der Waals surface area contributed by atoms with Crippen molar-refractivity contribution < 1.29 is 13.5 Å². The molecule has 4 rings (SSSR count). The van der Waals surface area contributed by atoms with Gasteiger partial charge in [-0.05, 0) is 66.8 Å². The standard InChI is InChI=1S/C26H31N3O3S/c1-18-13-23(33(31,32)29-11-8-22(30)9-12-29)5-6-24(18)21-14-20(16-27-17-21)19-7-10-28-25(15-19)26(2,3)4/h5-7,10,13-17,22,30H,8-9,11-12H2,1-4H3. The van der Waals surface area contributed by atoms with Crippen LogP contribution < -0.4 is 0 Å². The summed E-state index contributed by atoms with van der Waals surface area (Å²) in [5.74, 6) is 0. The minimum atomic E-state index is -3.58. The van der Waals surface area contributed by atoms with Crippen LogP contribution in [0.5, 0.6) is 0 Å². The van der Waals surface area contributed by atoms with Crippen LogP contribution in [-0.4, -0.2) is 47.0 Å². The Hall–Kier alpha value is -2.61. The highest BCUT2D eigenvalue weighted by Gasteiger charge is 2.29. The molecule has 0 amide bonds. The molecule has 1 saturated heterocycles. The van der Waals surface area contributed by atoms with E-state index in [1.165, 1.54) is 4.31 Å². The Morgan fingerprint density at radius 3 is 2.33 bits per heavy atom. The number of hydrogen-bond donors (Lipinski definition) is 1. The quantitative estimate of drug-likeness (QED) is 0.611. The first kappa shape index (κ1) is 23.5. The maximum atomic E-state index is 13.1. The van der Waals surface area contributed by atoms with Gasteiger partial charge in [0.25, 0.3) is 0 Å². The van der Waals surface area contributed by atoms with Gasteiger partial charge in [0.2, 0.25) is 10.0 Å². The highest BCUT2D eigenvalue weighted by molar-refractivity contribution is 7.89. The lowest BCUT2D eigenvalue weighted by Crippen LogP contribution is -2.40. The summed E-state index contributed by atoms with van der Waals surface area (Å²) in [5.41, 5.74) is 5.76. The maximum absolute atomic E-state index is 13.1. The zero-order chi connectivity index (χ0) is 23.8. The van der Waals surface area contributed by atoms with E-state index in [4.69, 9.17) is 0 Å². The van der Waals surface area contributed by atoms with Crippen LogP contribution in [0.3, 0.4) is 0 Å². The first-order chi connectivity index (χ1) is 15.6. The summed E-state index contributed by atoms with van der Waals surface area (Å²) in [4.78, 5) is 9.25. The molecule has 2 aromatic heterocycles. The normalized spacial score (nSPS) is 16.2. The Morgan fingerprint density at radius 2 is 1.67 bits per heavy atom. The van der Waals surface area contributed by atoms with Gasteiger partial charge in [0, 0.05) is 53.9 Å². The number of benzene rings is 1. The van der Waals surface area contributed by atoms with E-state index in [1.807, 2.05) is 31.5 Å². The van der Waals surface area contributed by atoms with E-state index >= 15 is 0 Å². The fraction of sp³-hybridized carbons (Fsp3) is 0.385. The molecule has 3 heterocycles. The Kier molecular flexibility index (Phi) is 6.40. The average molecular weight is 466 g/mol. The summed E-state index contributed by atoms with van der Waals surface area (Å²) in [6, 6.07) is 11.4. The van der Waals surface area contributed by atoms with Crippen LogP contribution >= 0.6 is 0 Å². The predicted molar refractivity (Wildman–Crippen MR) is 130 cm³/mol. The summed E-state index contributed by atoms with van der Waals surface area (Å²) in [7, 11) is -3.58. The molecular formula is C26H31N3O3S. The third kappa shape index (κ3) is 5.00. The van der Waals surface area contributed by atoms with E-state index in [2.05, 4.69) is 42.9 Å². The minimum absolute atomic E-state index is 0.0502. The van der Waals surface area contributed by atoms with Gasteiger partial charge in [-0.15, -0.1) is 0 Å². The molecule has 1 fully saturated rings. The number of nitrogens with zero attached hydrogens (tertiary/aromatic N) is 3. The van der Waals surface area contributed by atoms with Gasteiger partial charge < -0.3 is 5.11 Å². The van der Waals surface area contributed by atoms with Crippen molar-refractivity contribution in [1.82, 2.24) is 14.3 Å². The fourth-order valence-electron chi connectivity index (χ4n) is 4.12. The predicted octanol–water partition coefficient (Wildman–Crippen LogP) is 4.56. The first-order valence-electron chi connectivity index (χ1n) is 11.3. The number of piperidine rings is 1. The smallest absolute Gasteiger partial charge is 0.243 e. The molecule has 7 heteroatoms. The Bertz CT molecular complexity index is 1260. The molecule has 1 aliphatic heterocycles. The molecule has 0 aliphatic carbocycles. The lowest BCUT2D eigenvalue weighted by atomic mass is 9.90. The molecule has 0 saturated carbocycles. The molecular weight excluding hydrogens is 434 g/mol. The third-order valence-electron chi connectivity index (χ3n) is 6.17. The topological polar surface area (TPSA) is 83.4 Å². The van der Waals surface area contributed by atoms with Crippen molar-refractivity contribution in [2.24, 2.45) is 0 Å². The van der Waals surface area contributed by atoms with Gasteiger partial charge in [0.1, 0.15) is 0 Å². The zero-order valence-corrected chi connectivity index (χ0v) is 20.4. The number of hydrogen-bond acceptors (Lipinski definition) is 5. The van der Waals surface area contributed by atoms with Crippen LogP contribution in [0.15, 0.2) is 59.9 Å². The average Bonchev–Trinajstić information content (AvgIpc) is 2.79. The van der Waals surface area contributed by atoms with Crippen molar-refractivity contribution in [3.63, 3.8) is 0 Å². The molecule has 33 heavy (non-hydrogen) atoms. The Labute approximate surface area is 196 Å². The molecule has 174 valence electrons. The molecule has 3 aromatic rings. The van der Waals surface area contributed by atoms with E-state index < -0.39 is 16.1 Å². The zero-order valence-electron chi connectivity index (χ0n) is 19.6. The van der Waals surface area contributed by atoms with Crippen LogP contribution in [-0.2, 0) is 15.4 Å². The highest BCUT2D eigenvalue weighted by atomic mass is 32.2. The highest BCUT2D eigenvalue weighted by Crippen LogP contribution is 2.31. The second-order valence-electron chi connectivity index (χ2n) is 9.75. The van der Waals surface area contributed by atoms with E-state index in [-0.39, 0.29) is 10.3 Å². The summed E-state index contributed by atoms with van der Waals surface area (Å²) >= 11 is 0. The number of aromatic nitrogens is 2. The van der Waals surface area contributed by atoms with Crippen molar-refractivity contribution in [3.05, 3.63) is 66.2 Å². The number of aliphatic hydroxyl groups is 1. The summed E-state index contributed by atoms with van der Waals surface area (Å²) in [6.45, 7) is 9.03. The monoisotopic (exact) mass is 465 g/mol. The SMILES string of the molecule is Cc1cc(S(=O)(=O)N2CCC(O)CC2)ccc1-c1cncc(-c2ccnc(C(C)(C)C)c2)c1. The second kappa shape index (κ2) is 8.97. The van der Waals surface area contributed by atoms with E-state index in [1.54, 1.807) is 18.3 Å². The second-order valence-corrected chi connectivity index (χ2v) is 11.7. The van der Waals surface area contributed by atoms with Gasteiger partial charge in [-0.3, -0.25) is 9.97 Å². The third-order valence-corrected chi connectivity index (χ3v) is 8.06. The maximum Gasteiger partial charge on any atom is 0.243 e. The van der Waals surface area contributed by atoms with Crippen molar-refractivity contribution in [1.29, 1.82) is 0 Å². The van der Waals surface area contributed by atoms with Crippen molar-refractivity contribution >= 4 is 10.0 Å². The van der Waals surface area contributed by atoms with Crippen LogP contribution in [0, 0.1) is 6.92 Å². The van der Waals surface area contributed by atoms with E-state index in [0.29, 0.717) is 25.9 Å². The number of pyridine rings is 2. The summed E-state index contributed by atoms with van der Waals surface area (Å²) < 4.78 is 27.6.